The van der Waals surface area contributed by atoms with Crippen LogP contribution in [0.1, 0.15) is 36.5 Å². The van der Waals surface area contributed by atoms with Gasteiger partial charge in [-0.1, -0.05) is 5.16 Å². The number of hydrogen-bond donors (Lipinski definition) is 2. The third-order valence-corrected chi connectivity index (χ3v) is 3.16. The molecule has 16 heavy (non-hydrogen) atoms. The quantitative estimate of drug-likeness (QED) is 0.735. The Bertz CT molecular complexity index is 362. The van der Waals surface area contributed by atoms with Crippen LogP contribution in [-0.2, 0) is 4.74 Å². The molecule has 0 aromatic carbocycles. The predicted octanol–water partition coefficient (Wildman–Crippen LogP) is -0.0312. The van der Waals surface area contributed by atoms with Gasteiger partial charge in [-0.05, 0) is 12.8 Å². The molecule has 3 heterocycles. The topological polar surface area (TPSA) is 80.4 Å². The van der Waals surface area contributed by atoms with Crippen molar-refractivity contribution in [3.8, 4) is 0 Å². The van der Waals surface area contributed by atoms with Crippen molar-refractivity contribution in [2.45, 2.75) is 30.9 Å². The highest BCUT2D eigenvalue weighted by molar-refractivity contribution is 5.02. The maximum Gasteiger partial charge on any atom is 0.243 e. The second-order valence-electron chi connectivity index (χ2n) is 4.40. The molecule has 0 bridgehead atoms. The van der Waals surface area contributed by atoms with E-state index in [0.717, 1.165) is 18.9 Å². The summed E-state index contributed by atoms with van der Waals surface area (Å²) in [7, 11) is 0. The van der Waals surface area contributed by atoms with E-state index < -0.39 is 0 Å². The normalized spacial score (nSPS) is 34.7. The van der Waals surface area contributed by atoms with Crippen molar-refractivity contribution in [1.82, 2.24) is 15.5 Å². The molecule has 0 spiro atoms. The van der Waals surface area contributed by atoms with E-state index in [9.17, 15) is 5.11 Å². The van der Waals surface area contributed by atoms with Gasteiger partial charge in [-0.3, -0.25) is 0 Å². The first kappa shape index (κ1) is 10.2. The summed E-state index contributed by atoms with van der Waals surface area (Å²) in [6.07, 6.45) is 1.29. The second-order valence-corrected chi connectivity index (χ2v) is 4.40. The van der Waals surface area contributed by atoms with E-state index in [1.54, 1.807) is 0 Å². The zero-order valence-electron chi connectivity index (χ0n) is 8.93. The van der Waals surface area contributed by atoms with Crippen molar-refractivity contribution in [3.63, 3.8) is 0 Å². The minimum absolute atomic E-state index is 0.00132. The zero-order valence-corrected chi connectivity index (χ0v) is 8.93. The summed E-state index contributed by atoms with van der Waals surface area (Å²) in [4.78, 5) is 4.38. The van der Waals surface area contributed by atoms with E-state index in [0.29, 0.717) is 25.5 Å². The molecule has 0 saturated carbocycles. The lowest BCUT2D eigenvalue weighted by molar-refractivity contribution is 0.190. The number of nitrogens with one attached hydrogen (secondary N) is 1. The van der Waals surface area contributed by atoms with Crippen molar-refractivity contribution in [3.05, 3.63) is 11.7 Å². The molecule has 0 amide bonds. The molecular weight excluding hydrogens is 210 g/mol. The van der Waals surface area contributed by atoms with Crippen LogP contribution in [0.3, 0.4) is 0 Å². The summed E-state index contributed by atoms with van der Waals surface area (Å²) in [5.41, 5.74) is 0. The monoisotopic (exact) mass is 225 g/mol. The van der Waals surface area contributed by atoms with Crippen LogP contribution in [-0.4, -0.2) is 41.1 Å². The number of hydrogen-bond acceptors (Lipinski definition) is 6. The van der Waals surface area contributed by atoms with Crippen molar-refractivity contribution in [2.24, 2.45) is 0 Å². The highest BCUT2D eigenvalue weighted by Crippen LogP contribution is 2.26. The Morgan fingerprint density at radius 2 is 2.38 bits per heavy atom. The van der Waals surface area contributed by atoms with Gasteiger partial charge in [0.2, 0.25) is 5.89 Å². The number of rotatable bonds is 2. The summed E-state index contributed by atoms with van der Waals surface area (Å²) < 4.78 is 10.5. The van der Waals surface area contributed by atoms with Crippen molar-refractivity contribution in [2.75, 3.05) is 19.8 Å². The van der Waals surface area contributed by atoms with Crippen molar-refractivity contribution < 1.29 is 14.4 Å². The van der Waals surface area contributed by atoms with Crippen molar-refractivity contribution >= 4 is 0 Å². The molecule has 1 aromatic rings. The molecule has 2 aliphatic heterocycles. The fourth-order valence-electron chi connectivity index (χ4n) is 2.20. The molecule has 2 fully saturated rings. The first-order valence-electron chi connectivity index (χ1n) is 5.65. The molecule has 1 aromatic heterocycles. The number of β-amino-alcohol motifs (C(OH)–C–C–N with tert-alkyl or cyclic N) is 1. The summed E-state index contributed by atoms with van der Waals surface area (Å²) in [6, 6.07) is -0.00132. The van der Waals surface area contributed by atoms with Gasteiger partial charge >= 0.3 is 0 Å². The number of ether oxygens (including phenoxy) is 1. The van der Waals surface area contributed by atoms with E-state index in [4.69, 9.17) is 9.26 Å². The van der Waals surface area contributed by atoms with Gasteiger partial charge in [0.25, 0.3) is 0 Å². The Labute approximate surface area is 93.0 Å². The van der Waals surface area contributed by atoms with Crippen LogP contribution < -0.4 is 5.32 Å². The molecule has 3 atom stereocenters. The molecular formula is C10H15N3O3. The minimum Gasteiger partial charge on any atom is -0.392 e. The summed E-state index contributed by atoms with van der Waals surface area (Å²) in [5, 5.41) is 16.5. The maximum atomic E-state index is 9.41. The van der Waals surface area contributed by atoms with Gasteiger partial charge in [0.05, 0.1) is 18.8 Å². The molecule has 2 aliphatic rings. The van der Waals surface area contributed by atoms with Crippen LogP contribution in [0.5, 0.6) is 0 Å². The van der Waals surface area contributed by atoms with E-state index >= 15 is 0 Å². The fraction of sp³-hybridized carbons (Fsp3) is 0.800. The van der Waals surface area contributed by atoms with Crippen LogP contribution >= 0.6 is 0 Å². The van der Waals surface area contributed by atoms with E-state index in [1.165, 1.54) is 0 Å². The van der Waals surface area contributed by atoms with Crippen LogP contribution in [0.4, 0.5) is 0 Å². The highest BCUT2D eigenvalue weighted by atomic mass is 16.5. The molecule has 3 rings (SSSR count). The van der Waals surface area contributed by atoms with Gasteiger partial charge in [0.1, 0.15) is 0 Å². The first-order chi connectivity index (χ1) is 7.83. The third-order valence-electron chi connectivity index (χ3n) is 3.16. The lowest BCUT2D eigenvalue weighted by Crippen LogP contribution is -2.15. The largest absolute Gasteiger partial charge is 0.392 e. The average Bonchev–Trinajstić information content (AvgIpc) is 2.97. The Hall–Kier alpha value is -0.980. The highest BCUT2D eigenvalue weighted by Gasteiger charge is 2.30. The smallest absolute Gasteiger partial charge is 0.243 e. The minimum atomic E-state index is -0.310. The first-order valence-corrected chi connectivity index (χ1v) is 5.65. The Morgan fingerprint density at radius 3 is 3.06 bits per heavy atom. The van der Waals surface area contributed by atoms with Crippen LogP contribution in [0, 0.1) is 0 Å². The average molecular weight is 225 g/mol. The van der Waals surface area contributed by atoms with Gasteiger partial charge in [0.15, 0.2) is 5.82 Å². The predicted molar refractivity (Wildman–Crippen MR) is 53.8 cm³/mol. The SMILES string of the molecule is O[C@H]1CN[C@@H](c2nc(C3CCOC3)no2)C1. The zero-order chi connectivity index (χ0) is 11.0. The lowest BCUT2D eigenvalue weighted by Gasteiger charge is -2.02. The third kappa shape index (κ3) is 1.83. The Balaban J connectivity index is 1.72. The van der Waals surface area contributed by atoms with E-state index in [2.05, 4.69) is 15.5 Å². The van der Waals surface area contributed by atoms with Gasteiger partial charge in [-0.15, -0.1) is 0 Å². The van der Waals surface area contributed by atoms with Gasteiger partial charge in [-0.2, -0.15) is 4.98 Å². The maximum absolute atomic E-state index is 9.41. The number of aliphatic hydroxyl groups is 1. The van der Waals surface area contributed by atoms with Crippen LogP contribution in [0.2, 0.25) is 0 Å². The molecule has 2 saturated heterocycles. The van der Waals surface area contributed by atoms with Crippen LogP contribution in [0.15, 0.2) is 4.52 Å². The molecule has 6 heteroatoms. The number of aromatic nitrogens is 2. The number of nitrogens with zero attached hydrogens (tertiary/aromatic N) is 2. The van der Waals surface area contributed by atoms with E-state index in [1.807, 2.05) is 0 Å². The molecule has 2 N–H and O–H groups in total. The Kier molecular flexibility index (Phi) is 2.62. The number of aliphatic hydroxyl groups excluding tert-OH is 1. The fourth-order valence-corrected chi connectivity index (χ4v) is 2.20. The summed E-state index contributed by atoms with van der Waals surface area (Å²) in [5.74, 6) is 1.58. The van der Waals surface area contributed by atoms with Gasteiger partial charge in [0, 0.05) is 19.1 Å². The molecule has 0 aliphatic carbocycles. The summed E-state index contributed by atoms with van der Waals surface area (Å²) in [6.45, 7) is 2.05. The molecule has 88 valence electrons. The second kappa shape index (κ2) is 4.12. The molecule has 0 radical (unpaired) electrons. The molecule has 6 nitrogen and oxygen atoms in total. The standard InChI is InChI=1S/C10H15N3O3/c14-7-3-8(11-4-7)10-12-9(13-16-10)6-1-2-15-5-6/h6-8,11,14H,1-5H2/t6?,7-,8-/m1/s1. The van der Waals surface area contributed by atoms with Crippen molar-refractivity contribution in [1.29, 1.82) is 0 Å². The molecule has 1 unspecified atom stereocenters. The van der Waals surface area contributed by atoms with Gasteiger partial charge in [-0.25, -0.2) is 0 Å². The Morgan fingerprint density at radius 1 is 1.44 bits per heavy atom. The van der Waals surface area contributed by atoms with E-state index in [-0.39, 0.29) is 18.1 Å². The van der Waals surface area contributed by atoms with Gasteiger partial charge < -0.3 is 19.7 Å². The summed E-state index contributed by atoms with van der Waals surface area (Å²) >= 11 is 0. The van der Waals surface area contributed by atoms with Crippen LogP contribution in [0.25, 0.3) is 0 Å². The lowest BCUT2D eigenvalue weighted by atomic mass is 10.1.